The van der Waals surface area contributed by atoms with Crippen molar-refractivity contribution in [3.8, 4) is 0 Å². The Balaban J connectivity index is 1.72. The fraction of sp³-hybridized carbons (Fsp3) is 1.00. The monoisotopic (exact) mass is 267 g/mol. The van der Waals surface area contributed by atoms with Crippen molar-refractivity contribution in [3.63, 3.8) is 0 Å². The predicted molar refractivity (Wildman–Crippen MR) is 82.2 cm³/mol. The van der Waals surface area contributed by atoms with E-state index in [1.807, 2.05) is 0 Å². The topological polar surface area (TPSA) is 41.3 Å². The highest BCUT2D eigenvalue weighted by Gasteiger charge is 2.27. The molecule has 1 aliphatic carbocycles. The van der Waals surface area contributed by atoms with Gasteiger partial charge < -0.3 is 16.0 Å². The second kappa shape index (κ2) is 7.61. The van der Waals surface area contributed by atoms with Crippen LogP contribution in [0.3, 0.4) is 0 Å². The van der Waals surface area contributed by atoms with E-state index in [9.17, 15) is 0 Å². The minimum Gasteiger partial charge on any atom is -0.330 e. The van der Waals surface area contributed by atoms with Gasteiger partial charge in [-0.3, -0.25) is 0 Å². The maximum atomic E-state index is 6.03. The molecule has 2 aliphatic rings. The van der Waals surface area contributed by atoms with Gasteiger partial charge in [-0.05, 0) is 77.5 Å². The van der Waals surface area contributed by atoms with Gasteiger partial charge >= 0.3 is 0 Å². The van der Waals surface area contributed by atoms with Crippen LogP contribution in [-0.4, -0.2) is 43.2 Å². The Labute approximate surface area is 119 Å². The van der Waals surface area contributed by atoms with Crippen molar-refractivity contribution in [2.75, 3.05) is 26.2 Å². The molecule has 1 unspecified atom stereocenters. The number of hydrogen-bond acceptors (Lipinski definition) is 3. The molecule has 0 bridgehead atoms. The smallest absolute Gasteiger partial charge is 0.00671 e. The Bertz CT molecular complexity index is 240. The van der Waals surface area contributed by atoms with Crippen molar-refractivity contribution in [1.82, 2.24) is 10.2 Å². The zero-order chi connectivity index (χ0) is 13.7. The molecule has 0 radical (unpaired) electrons. The van der Waals surface area contributed by atoms with Crippen molar-refractivity contribution in [2.45, 2.75) is 64.5 Å². The van der Waals surface area contributed by atoms with Crippen molar-refractivity contribution >= 4 is 0 Å². The number of rotatable bonds is 6. The average Bonchev–Trinajstić information content (AvgIpc) is 2.93. The lowest BCUT2D eigenvalue weighted by atomic mass is 9.83. The van der Waals surface area contributed by atoms with E-state index in [1.165, 1.54) is 51.6 Å². The second-order valence-electron chi connectivity index (χ2n) is 6.85. The molecular formula is C16H33N3. The van der Waals surface area contributed by atoms with Crippen LogP contribution in [0, 0.1) is 11.8 Å². The van der Waals surface area contributed by atoms with Crippen LogP contribution in [0.25, 0.3) is 0 Å². The van der Waals surface area contributed by atoms with E-state index in [0.717, 1.165) is 25.0 Å². The second-order valence-corrected chi connectivity index (χ2v) is 6.85. The van der Waals surface area contributed by atoms with Gasteiger partial charge in [0.25, 0.3) is 0 Å². The molecule has 1 atom stereocenters. The van der Waals surface area contributed by atoms with Gasteiger partial charge in [-0.2, -0.15) is 0 Å². The molecule has 0 aromatic carbocycles. The van der Waals surface area contributed by atoms with E-state index >= 15 is 0 Å². The first-order valence-electron chi connectivity index (χ1n) is 8.38. The highest BCUT2D eigenvalue weighted by atomic mass is 15.1. The number of nitrogens with one attached hydrogen (secondary N) is 1. The molecule has 2 rings (SSSR count). The van der Waals surface area contributed by atoms with Crippen molar-refractivity contribution < 1.29 is 0 Å². The minimum absolute atomic E-state index is 0.690. The van der Waals surface area contributed by atoms with Crippen molar-refractivity contribution in [2.24, 2.45) is 17.6 Å². The van der Waals surface area contributed by atoms with Gasteiger partial charge in [-0.15, -0.1) is 0 Å². The van der Waals surface area contributed by atoms with Crippen LogP contribution in [0.15, 0.2) is 0 Å². The average molecular weight is 267 g/mol. The molecule has 0 aromatic heterocycles. The normalized spacial score (nSPS) is 25.3. The molecule has 0 aromatic rings. The number of nitrogens with zero attached hydrogens (tertiary/aromatic N) is 1. The van der Waals surface area contributed by atoms with Crippen molar-refractivity contribution in [1.29, 1.82) is 0 Å². The third-order valence-corrected chi connectivity index (χ3v) is 5.30. The van der Waals surface area contributed by atoms with Gasteiger partial charge in [0.1, 0.15) is 0 Å². The summed E-state index contributed by atoms with van der Waals surface area (Å²) in [7, 11) is 0. The molecule has 1 heterocycles. The summed E-state index contributed by atoms with van der Waals surface area (Å²) < 4.78 is 0. The molecular weight excluding hydrogens is 234 g/mol. The van der Waals surface area contributed by atoms with E-state index < -0.39 is 0 Å². The summed E-state index contributed by atoms with van der Waals surface area (Å²) >= 11 is 0. The summed E-state index contributed by atoms with van der Waals surface area (Å²) in [6.07, 6.45) is 8.26. The summed E-state index contributed by atoms with van der Waals surface area (Å²) in [6, 6.07) is 1.48. The minimum atomic E-state index is 0.690. The zero-order valence-electron chi connectivity index (χ0n) is 12.9. The zero-order valence-corrected chi connectivity index (χ0v) is 12.9. The fourth-order valence-corrected chi connectivity index (χ4v) is 3.80. The molecule has 1 aliphatic heterocycles. The van der Waals surface area contributed by atoms with Crippen LogP contribution < -0.4 is 11.1 Å². The van der Waals surface area contributed by atoms with Gasteiger partial charge in [0.15, 0.2) is 0 Å². The van der Waals surface area contributed by atoms with E-state index in [0.29, 0.717) is 12.0 Å². The standard InChI is InChI=1S/C16H33N3/c1-13(2)19-9-7-14(8-10-19)15(11-17)12-18-16-5-3-4-6-16/h13-16,18H,3-12,17H2,1-2H3. The van der Waals surface area contributed by atoms with Gasteiger partial charge in [-0.25, -0.2) is 0 Å². The summed E-state index contributed by atoms with van der Waals surface area (Å²) in [6.45, 7) is 9.15. The largest absolute Gasteiger partial charge is 0.330 e. The highest BCUT2D eigenvalue weighted by molar-refractivity contribution is 4.83. The molecule has 2 fully saturated rings. The summed E-state index contributed by atoms with van der Waals surface area (Å²) in [4.78, 5) is 2.61. The maximum absolute atomic E-state index is 6.03. The van der Waals surface area contributed by atoms with Crippen LogP contribution in [-0.2, 0) is 0 Å². The molecule has 3 heteroatoms. The lowest BCUT2D eigenvalue weighted by Crippen LogP contribution is -2.44. The molecule has 0 spiro atoms. The number of piperidine rings is 1. The first kappa shape index (κ1) is 15.3. The molecule has 3 N–H and O–H groups in total. The maximum Gasteiger partial charge on any atom is 0.00671 e. The number of hydrogen-bond donors (Lipinski definition) is 2. The van der Waals surface area contributed by atoms with Crippen molar-refractivity contribution in [3.05, 3.63) is 0 Å². The Morgan fingerprint density at radius 2 is 1.74 bits per heavy atom. The lowest BCUT2D eigenvalue weighted by Gasteiger charge is -2.38. The Morgan fingerprint density at radius 3 is 2.26 bits per heavy atom. The van der Waals surface area contributed by atoms with E-state index in [-0.39, 0.29) is 0 Å². The molecule has 112 valence electrons. The van der Waals surface area contributed by atoms with Gasteiger partial charge in [0, 0.05) is 12.1 Å². The van der Waals surface area contributed by atoms with Crippen LogP contribution >= 0.6 is 0 Å². The highest BCUT2D eigenvalue weighted by Crippen LogP contribution is 2.26. The fourth-order valence-electron chi connectivity index (χ4n) is 3.80. The third-order valence-electron chi connectivity index (χ3n) is 5.30. The number of likely N-dealkylation sites (tertiary alicyclic amines) is 1. The van der Waals surface area contributed by atoms with Gasteiger partial charge in [0.05, 0.1) is 0 Å². The molecule has 0 amide bonds. The summed E-state index contributed by atoms with van der Waals surface area (Å²) in [5, 5.41) is 3.77. The Morgan fingerprint density at radius 1 is 1.11 bits per heavy atom. The Hall–Kier alpha value is -0.120. The SMILES string of the molecule is CC(C)N1CCC(C(CN)CNC2CCCC2)CC1. The first-order chi connectivity index (χ1) is 9.20. The van der Waals surface area contributed by atoms with Crippen LogP contribution in [0.4, 0.5) is 0 Å². The van der Waals surface area contributed by atoms with Crippen LogP contribution in [0.1, 0.15) is 52.4 Å². The summed E-state index contributed by atoms with van der Waals surface area (Å²) in [5.74, 6) is 1.53. The van der Waals surface area contributed by atoms with Gasteiger partial charge in [0.2, 0.25) is 0 Å². The Kier molecular flexibility index (Phi) is 6.11. The molecule has 3 nitrogen and oxygen atoms in total. The predicted octanol–water partition coefficient (Wildman–Crippen LogP) is 2.21. The lowest BCUT2D eigenvalue weighted by molar-refractivity contribution is 0.120. The quantitative estimate of drug-likeness (QED) is 0.775. The van der Waals surface area contributed by atoms with E-state index in [4.69, 9.17) is 5.73 Å². The molecule has 19 heavy (non-hydrogen) atoms. The first-order valence-corrected chi connectivity index (χ1v) is 8.38. The van der Waals surface area contributed by atoms with E-state index in [2.05, 4.69) is 24.1 Å². The van der Waals surface area contributed by atoms with E-state index in [1.54, 1.807) is 0 Å². The van der Waals surface area contributed by atoms with Crippen LogP contribution in [0.2, 0.25) is 0 Å². The third kappa shape index (κ3) is 4.44. The van der Waals surface area contributed by atoms with Crippen LogP contribution in [0.5, 0.6) is 0 Å². The molecule has 1 saturated carbocycles. The summed E-state index contributed by atoms with van der Waals surface area (Å²) in [5.41, 5.74) is 6.03. The number of nitrogens with two attached hydrogens (primary N) is 1. The van der Waals surface area contributed by atoms with Gasteiger partial charge in [-0.1, -0.05) is 12.8 Å². The molecule has 1 saturated heterocycles.